The van der Waals surface area contributed by atoms with Gasteiger partial charge in [0, 0.05) is 19.1 Å². The van der Waals surface area contributed by atoms with Crippen LogP contribution in [0.25, 0.3) is 11.1 Å². The van der Waals surface area contributed by atoms with Crippen LogP contribution in [0.4, 0.5) is 4.79 Å². The van der Waals surface area contributed by atoms with Gasteiger partial charge in [0.1, 0.15) is 6.61 Å². The van der Waals surface area contributed by atoms with E-state index >= 15 is 0 Å². The topological polar surface area (TPSA) is 85.3 Å². The maximum atomic E-state index is 12.9. The highest BCUT2D eigenvalue weighted by Crippen LogP contribution is 2.44. The number of hydrogen-bond acceptors (Lipinski definition) is 5. The Labute approximate surface area is 186 Å². The SMILES string of the molecule is O=C(O)[C@@H]1[C@@H](OC2CCCCO2)CCN1C(=O)OCC1c2ccccc2-c2ccccc21. The van der Waals surface area contributed by atoms with Gasteiger partial charge in [0.2, 0.25) is 0 Å². The number of carbonyl (C=O) groups is 2. The summed E-state index contributed by atoms with van der Waals surface area (Å²) in [6, 6.07) is 15.2. The van der Waals surface area contributed by atoms with Crippen LogP contribution in [-0.2, 0) is 19.0 Å². The van der Waals surface area contributed by atoms with Gasteiger partial charge in [-0.3, -0.25) is 4.90 Å². The molecule has 3 atom stereocenters. The summed E-state index contributed by atoms with van der Waals surface area (Å²) < 4.78 is 17.2. The molecule has 7 heteroatoms. The molecule has 2 aromatic rings. The molecule has 1 unspecified atom stereocenters. The van der Waals surface area contributed by atoms with Crippen molar-refractivity contribution >= 4 is 12.1 Å². The Morgan fingerprint density at radius 1 is 1.00 bits per heavy atom. The molecule has 168 valence electrons. The van der Waals surface area contributed by atoms with E-state index in [0.717, 1.165) is 41.5 Å². The molecule has 3 aliphatic rings. The third-order valence-corrected chi connectivity index (χ3v) is 6.63. The van der Waals surface area contributed by atoms with E-state index in [0.29, 0.717) is 13.0 Å². The summed E-state index contributed by atoms with van der Waals surface area (Å²) in [4.78, 5) is 26.2. The Hall–Kier alpha value is -2.90. The molecule has 0 spiro atoms. The molecular formula is C25H27NO6. The minimum atomic E-state index is -1.09. The molecule has 1 aliphatic carbocycles. The fourth-order valence-electron chi connectivity index (χ4n) is 5.09. The average molecular weight is 437 g/mol. The van der Waals surface area contributed by atoms with Crippen molar-refractivity contribution in [2.24, 2.45) is 0 Å². The van der Waals surface area contributed by atoms with Crippen molar-refractivity contribution < 1.29 is 28.9 Å². The largest absolute Gasteiger partial charge is 0.480 e. The summed E-state index contributed by atoms with van der Waals surface area (Å²) in [6.45, 7) is 1.06. The molecule has 2 aliphatic heterocycles. The molecule has 5 rings (SSSR count). The summed E-state index contributed by atoms with van der Waals surface area (Å²) >= 11 is 0. The van der Waals surface area contributed by atoms with Crippen LogP contribution in [0.15, 0.2) is 48.5 Å². The lowest BCUT2D eigenvalue weighted by Crippen LogP contribution is -2.47. The molecule has 0 aromatic heterocycles. The zero-order chi connectivity index (χ0) is 22.1. The summed E-state index contributed by atoms with van der Waals surface area (Å²) in [7, 11) is 0. The molecule has 1 N–H and O–H groups in total. The van der Waals surface area contributed by atoms with E-state index in [-0.39, 0.29) is 19.1 Å². The van der Waals surface area contributed by atoms with E-state index in [9.17, 15) is 14.7 Å². The number of amides is 1. The fraction of sp³-hybridized carbons (Fsp3) is 0.440. The van der Waals surface area contributed by atoms with E-state index in [1.807, 2.05) is 24.3 Å². The lowest BCUT2D eigenvalue weighted by Gasteiger charge is -2.29. The number of aliphatic carboxylic acids is 1. The van der Waals surface area contributed by atoms with Gasteiger partial charge in [-0.2, -0.15) is 0 Å². The number of benzene rings is 2. The van der Waals surface area contributed by atoms with Crippen LogP contribution in [0, 0.1) is 0 Å². The van der Waals surface area contributed by atoms with Gasteiger partial charge < -0.3 is 19.3 Å². The number of rotatable bonds is 5. The predicted molar refractivity (Wildman–Crippen MR) is 116 cm³/mol. The number of carbonyl (C=O) groups excluding carboxylic acids is 1. The highest BCUT2D eigenvalue weighted by Gasteiger charge is 2.45. The fourth-order valence-corrected chi connectivity index (χ4v) is 5.09. The third-order valence-electron chi connectivity index (χ3n) is 6.63. The Morgan fingerprint density at radius 3 is 2.31 bits per heavy atom. The van der Waals surface area contributed by atoms with Gasteiger partial charge in [-0.25, -0.2) is 9.59 Å². The number of carboxylic acids is 1. The van der Waals surface area contributed by atoms with Gasteiger partial charge in [-0.1, -0.05) is 48.5 Å². The Kier molecular flexibility index (Phi) is 5.85. The first-order valence-corrected chi connectivity index (χ1v) is 11.2. The van der Waals surface area contributed by atoms with Crippen LogP contribution in [0.5, 0.6) is 0 Å². The Balaban J connectivity index is 1.27. The highest BCUT2D eigenvalue weighted by atomic mass is 16.7. The molecule has 2 saturated heterocycles. The second-order valence-corrected chi connectivity index (χ2v) is 8.54. The number of hydrogen-bond donors (Lipinski definition) is 1. The van der Waals surface area contributed by atoms with Crippen molar-refractivity contribution in [2.75, 3.05) is 19.8 Å². The summed E-state index contributed by atoms with van der Waals surface area (Å²) in [5.41, 5.74) is 4.53. The summed E-state index contributed by atoms with van der Waals surface area (Å²) in [6.07, 6.45) is 1.54. The van der Waals surface area contributed by atoms with Crippen LogP contribution in [0.1, 0.15) is 42.7 Å². The van der Waals surface area contributed by atoms with E-state index in [1.165, 1.54) is 4.90 Å². The van der Waals surface area contributed by atoms with Crippen LogP contribution in [0.2, 0.25) is 0 Å². The quantitative estimate of drug-likeness (QED) is 0.761. The third kappa shape index (κ3) is 3.87. The minimum Gasteiger partial charge on any atom is -0.480 e. The summed E-state index contributed by atoms with van der Waals surface area (Å²) in [5, 5.41) is 9.80. The molecule has 2 aromatic carbocycles. The first-order valence-electron chi connectivity index (χ1n) is 11.2. The maximum Gasteiger partial charge on any atom is 0.410 e. The second-order valence-electron chi connectivity index (χ2n) is 8.54. The number of carboxylic acid groups (broad SMARTS) is 1. The minimum absolute atomic E-state index is 0.0695. The van der Waals surface area contributed by atoms with Crippen molar-refractivity contribution in [3.63, 3.8) is 0 Å². The Bertz CT molecular complexity index is 956. The highest BCUT2D eigenvalue weighted by molar-refractivity contribution is 5.82. The van der Waals surface area contributed by atoms with Gasteiger partial charge in [0.15, 0.2) is 12.3 Å². The number of likely N-dealkylation sites (tertiary alicyclic amines) is 1. The number of ether oxygens (including phenoxy) is 3. The number of fused-ring (bicyclic) bond motifs is 3. The molecular weight excluding hydrogens is 410 g/mol. The average Bonchev–Trinajstić information content (AvgIpc) is 3.38. The van der Waals surface area contributed by atoms with Gasteiger partial charge in [0.05, 0.1) is 6.10 Å². The van der Waals surface area contributed by atoms with E-state index in [1.54, 1.807) is 0 Å². The van der Waals surface area contributed by atoms with Crippen molar-refractivity contribution in [3.05, 3.63) is 59.7 Å². The number of nitrogens with zero attached hydrogens (tertiary/aromatic N) is 1. The maximum absolute atomic E-state index is 12.9. The van der Waals surface area contributed by atoms with Crippen LogP contribution in [0.3, 0.4) is 0 Å². The smallest absolute Gasteiger partial charge is 0.410 e. The van der Waals surface area contributed by atoms with Gasteiger partial charge >= 0.3 is 12.1 Å². The monoisotopic (exact) mass is 437 g/mol. The molecule has 0 bridgehead atoms. The zero-order valence-corrected chi connectivity index (χ0v) is 17.8. The lowest BCUT2D eigenvalue weighted by atomic mass is 9.98. The van der Waals surface area contributed by atoms with Crippen molar-refractivity contribution in [1.82, 2.24) is 4.90 Å². The zero-order valence-electron chi connectivity index (χ0n) is 17.8. The van der Waals surface area contributed by atoms with Crippen molar-refractivity contribution in [2.45, 2.75) is 50.0 Å². The first kappa shape index (κ1) is 21.0. The van der Waals surface area contributed by atoms with Gasteiger partial charge in [-0.05, 0) is 47.9 Å². The van der Waals surface area contributed by atoms with Crippen LogP contribution < -0.4 is 0 Å². The molecule has 0 saturated carbocycles. The lowest BCUT2D eigenvalue weighted by molar-refractivity contribution is -0.195. The normalized spacial score (nSPS) is 24.8. The van der Waals surface area contributed by atoms with Gasteiger partial charge in [0.25, 0.3) is 0 Å². The molecule has 2 heterocycles. The molecule has 1 amide bonds. The molecule has 7 nitrogen and oxygen atoms in total. The van der Waals surface area contributed by atoms with Crippen LogP contribution >= 0.6 is 0 Å². The van der Waals surface area contributed by atoms with Crippen LogP contribution in [-0.4, -0.2) is 60.3 Å². The Morgan fingerprint density at radius 2 is 1.69 bits per heavy atom. The van der Waals surface area contributed by atoms with E-state index in [2.05, 4.69) is 24.3 Å². The molecule has 32 heavy (non-hydrogen) atoms. The van der Waals surface area contributed by atoms with Crippen molar-refractivity contribution in [1.29, 1.82) is 0 Å². The van der Waals surface area contributed by atoms with E-state index in [4.69, 9.17) is 14.2 Å². The van der Waals surface area contributed by atoms with E-state index < -0.39 is 30.5 Å². The first-order chi connectivity index (χ1) is 15.6. The van der Waals surface area contributed by atoms with Crippen molar-refractivity contribution in [3.8, 4) is 11.1 Å². The second kappa shape index (κ2) is 8.92. The summed E-state index contributed by atoms with van der Waals surface area (Å²) in [5.74, 6) is -1.16. The molecule has 2 fully saturated rings. The standard InChI is InChI=1S/C25H27NO6/c27-24(28)23-21(32-22-11-5-6-14-30-22)12-13-26(23)25(29)31-15-20-18-9-3-1-7-16(18)17-8-2-4-10-19(17)20/h1-4,7-10,20-23H,5-6,11-15H2,(H,27,28)/t21-,22?,23-/m0/s1. The predicted octanol–water partition coefficient (Wildman–Crippen LogP) is 4.01. The molecule has 0 radical (unpaired) electrons. The van der Waals surface area contributed by atoms with Gasteiger partial charge in [-0.15, -0.1) is 0 Å².